The van der Waals surface area contributed by atoms with E-state index < -0.39 is 6.04 Å². The van der Waals surface area contributed by atoms with Crippen molar-refractivity contribution in [3.05, 3.63) is 0 Å². The number of carbonyl (C=O) groups excluding carboxylic acids is 1. The molecule has 1 saturated carbocycles. The smallest absolute Gasteiger partial charge is 0.323 e. The van der Waals surface area contributed by atoms with Crippen LogP contribution in [-0.2, 0) is 9.53 Å². The predicted octanol–water partition coefficient (Wildman–Crippen LogP) is 1.16. The number of ether oxygens (including phenoxy) is 1. The number of thioether (sulfide) groups is 1. The third-order valence-corrected chi connectivity index (χ3v) is 5.10. The first kappa shape index (κ1) is 10.3. The molecule has 2 aliphatic rings. The molecule has 2 unspecified atom stereocenters. The zero-order chi connectivity index (χ0) is 10.2. The normalized spacial score (nSPS) is 31.1. The maximum absolute atomic E-state index is 11.4. The Balaban J connectivity index is 2.04. The van der Waals surface area contributed by atoms with Crippen molar-refractivity contribution in [2.45, 2.75) is 37.0 Å². The van der Waals surface area contributed by atoms with Gasteiger partial charge in [-0.1, -0.05) is 0 Å². The van der Waals surface area contributed by atoms with Gasteiger partial charge in [0.15, 0.2) is 0 Å². The molecule has 4 heteroatoms. The molecule has 2 fully saturated rings. The van der Waals surface area contributed by atoms with Crippen LogP contribution in [0.4, 0.5) is 0 Å². The van der Waals surface area contributed by atoms with Gasteiger partial charge in [-0.2, -0.15) is 11.8 Å². The van der Waals surface area contributed by atoms with E-state index in [9.17, 15) is 4.79 Å². The lowest BCUT2D eigenvalue weighted by atomic mass is 9.90. The molecule has 0 aromatic heterocycles. The van der Waals surface area contributed by atoms with Gasteiger partial charge in [0.2, 0.25) is 0 Å². The summed E-state index contributed by atoms with van der Waals surface area (Å²) in [5.74, 6) is 0.982. The van der Waals surface area contributed by atoms with Crippen molar-refractivity contribution in [1.82, 2.24) is 0 Å². The van der Waals surface area contributed by atoms with Crippen LogP contribution in [0.1, 0.15) is 25.7 Å². The SMILES string of the molecule is COC(=O)C(N)C1(C2CCCS2)CC1. The molecular weight excluding hydrogens is 198 g/mol. The summed E-state index contributed by atoms with van der Waals surface area (Å²) in [4.78, 5) is 11.4. The molecule has 1 aliphatic carbocycles. The van der Waals surface area contributed by atoms with Crippen LogP contribution in [0, 0.1) is 5.41 Å². The quantitative estimate of drug-likeness (QED) is 0.718. The van der Waals surface area contributed by atoms with E-state index in [1.807, 2.05) is 11.8 Å². The van der Waals surface area contributed by atoms with Crippen molar-refractivity contribution in [3.8, 4) is 0 Å². The zero-order valence-electron chi connectivity index (χ0n) is 8.49. The minimum atomic E-state index is -0.400. The van der Waals surface area contributed by atoms with Crippen LogP contribution in [0.25, 0.3) is 0 Å². The molecule has 1 heterocycles. The van der Waals surface area contributed by atoms with Crippen molar-refractivity contribution in [2.75, 3.05) is 12.9 Å². The summed E-state index contributed by atoms with van der Waals surface area (Å²) in [6.07, 6.45) is 4.68. The van der Waals surface area contributed by atoms with Crippen molar-refractivity contribution in [3.63, 3.8) is 0 Å². The van der Waals surface area contributed by atoms with Gasteiger partial charge in [0, 0.05) is 10.7 Å². The largest absolute Gasteiger partial charge is 0.468 e. The minimum Gasteiger partial charge on any atom is -0.468 e. The van der Waals surface area contributed by atoms with E-state index in [0.29, 0.717) is 5.25 Å². The average molecular weight is 215 g/mol. The Labute approximate surface area is 88.8 Å². The van der Waals surface area contributed by atoms with Crippen LogP contribution in [0.15, 0.2) is 0 Å². The number of hydrogen-bond donors (Lipinski definition) is 1. The lowest BCUT2D eigenvalue weighted by Gasteiger charge is -2.26. The number of rotatable bonds is 3. The topological polar surface area (TPSA) is 52.3 Å². The van der Waals surface area contributed by atoms with E-state index in [2.05, 4.69) is 0 Å². The second kappa shape index (κ2) is 3.74. The highest BCUT2D eigenvalue weighted by atomic mass is 32.2. The highest BCUT2D eigenvalue weighted by Gasteiger charge is 2.57. The summed E-state index contributed by atoms with van der Waals surface area (Å²) < 4.78 is 4.72. The predicted molar refractivity (Wildman–Crippen MR) is 57.1 cm³/mol. The van der Waals surface area contributed by atoms with Crippen molar-refractivity contribution >= 4 is 17.7 Å². The Morgan fingerprint density at radius 1 is 1.64 bits per heavy atom. The maximum atomic E-state index is 11.4. The minimum absolute atomic E-state index is 0.0776. The molecule has 0 aromatic carbocycles. The molecule has 80 valence electrons. The van der Waals surface area contributed by atoms with Gasteiger partial charge in [-0.05, 0) is 31.4 Å². The fourth-order valence-corrected chi connectivity index (χ4v) is 4.04. The molecule has 2 atom stereocenters. The fourth-order valence-electron chi connectivity index (χ4n) is 2.37. The number of nitrogens with two attached hydrogens (primary N) is 1. The fraction of sp³-hybridized carbons (Fsp3) is 0.900. The molecule has 0 bridgehead atoms. The Kier molecular flexibility index (Phi) is 2.75. The molecule has 2 rings (SSSR count). The van der Waals surface area contributed by atoms with Gasteiger partial charge in [0.1, 0.15) is 6.04 Å². The molecule has 1 saturated heterocycles. The van der Waals surface area contributed by atoms with Crippen LogP contribution in [0.3, 0.4) is 0 Å². The molecule has 0 amide bonds. The molecular formula is C10H17NO2S. The average Bonchev–Trinajstić information content (AvgIpc) is 2.84. The third-order valence-electron chi connectivity index (χ3n) is 3.47. The molecule has 14 heavy (non-hydrogen) atoms. The van der Waals surface area contributed by atoms with E-state index in [0.717, 1.165) is 12.8 Å². The van der Waals surface area contributed by atoms with Crippen LogP contribution in [-0.4, -0.2) is 30.1 Å². The number of esters is 1. The van der Waals surface area contributed by atoms with Crippen LogP contribution < -0.4 is 5.73 Å². The Morgan fingerprint density at radius 2 is 2.36 bits per heavy atom. The van der Waals surface area contributed by atoms with Gasteiger partial charge in [-0.3, -0.25) is 4.79 Å². The standard InChI is InChI=1S/C10H17NO2S/c1-13-9(12)8(11)10(4-5-10)7-3-2-6-14-7/h7-8H,2-6,11H2,1H3. The van der Waals surface area contributed by atoms with Crippen molar-refractivity contribution in [2.24, 2.45) is 11.1 Å². The summed E-state index contributed by atoms with van der Waals surface area (Å²) in [6, 6.07) is -0.400. The summed E-state index contributed by atoms with van der Waals surface area (Å²) in [6.45, 7) is 0. The highest BCUT2D eigenvalue weighted by molar-refractivity contribution is 8.00. The number of carbonyl (C=O) groups is 1. The summed E-state index contributed by atoms with van der Waals surface area (Å²) >= 11 is 1.98. The highest BCUT2D eigenvalue weighted by Crippen LogP contribution is 2.58. The van der Waals surface area contributed by atoms with Crippen LogP contribution in [0.5, 0.6) is 0 Å². The summed E-state index contributed by atoms with van der Waals surface area (Å²) in [5.41, 5.74) is 6.04. The Bertz CT molecular complexity index is 234. The number of methoxy groups -OCH3 is 1. The molecule has 0 aromatic rings. The monoisotopic (exact) mass is 215 g/mol. The van der Waals surface area contributed by atoms with Gasteiger partial charge < -0.3 is 10.5 Å². The van der Waals surface area contributed by atoms with Crippen LogP contribution in [0.2, 0.25) is 0 Å². The summed E-state index contributed by atoms with van der Waals surface area (Å²) in [5, 5.41) is 0.594. The van der Waals surface area contributed by atoms with Gasteiger partial charge in [-0.15, -0.1) is 0 Å². The molecule has 0 spiro atoms. The second-order valence-corrected chi connectivity index (χ2v) is 5.55. The Hall–Kier alpha value is -0.220. The molecule has 2 N–H and O–H groups in total. The molecule has 1 aliphatic heterocycles. The zero-order valence-corrected chi connectivity index (χ0v) is 9.31. The molecule has 3 nitrogen and oxygen atoms in total. The van der Waals surface area contributed by atoms with E-state index in [1.165, 1.54) is 25.7 Å². The van der Waals surface area contributed by atoms with E-state index >= 15 is 0 Å². The Morgan fingerprint density at radius 3 is 2.79 bits per heavy atom. The van der Waals surface area contributed by atoms with E-state index in [4.69, 9.17) is 10.5 Å². The summed E-state index contributed by atoms with van der Waals surface area (Å²) in [7, 11) is 1.42. The lowest BCUT2D eigenvalue weighted by Crippen LogP contribution is -2.44. The van der Waals surface area contributed by atoms with Gasteiger partial charge in [0.25, 0.3) is 0 Å². The maximum Gasteiger partial charge on any atom is 0.323 e. The second-order valence-electron chi connectivity index (χ2n) is 4.24. The van der Waals surface area contributed by atoms with Gasteiger partial charge >= 0.3 is 5.97 Å². The third kappa shape index (κ3) is 1.54. The van der Waals surface area contributed by atoms with Gasteiger partial charge in [-0.25, -0.2) is 0 Å². The first-order chi connectivity index (χ1) is 6.70. The first-order valence-electron chi connectivity index (χ1n) is 5.16. The van der Waals surface area contributed by atoms with Crippen LogP contribution >= 0.6 is 11.8 Å². The van der Waals surface area contributed by atoms with E-state index in [-0.39, 0.29) is 11.4 Å². The van der Waals surface area contributed by atoms with Crippen molar-refractivity contribution in [1.29, 1.82) is 0 Å². The number of hydrogen-bond acceptors (Lipinski definition) is 4. The lowest BCUT2D eigenvalue weighted by molar-refractivity contribution is -0.144. The van der Waals surface area contributed by atoms with E-state index in [1.54, 1.807) is 0 Å². The molecule has 0 radical (unpaired) electrons. The van der Waals surface area contributed by atoms with Gasteiger partial charge in [0.05, 0.1) is 7.11 Å². The van der Waals surface area contributed by atoms with Crippen molar-refractivity contribution < 1.29 is 9.53 Å². The first-order valence-corrected chi connectivity index (χ1v) is 6.20.